The molecule has 13 heteroatoms. The molecule has 0 fully saturated rings. The van der Waals surface area contributed by atoms with E-state index in [4.69, 9.17) is 26.8 Å². The number of hydrogen-bond acceptors (Lipinski definition) is 6. The summed E-state index contributed by atoms with van der Waals surface area (Å²) in [5.74, 6) is -1.17. The summed E-state index contributed by atoms with van der Waals surface area (Å²) in [7, 11) is 0. The summed E-state index contributed by atoms with van der Waals surface area (Å²) >= 11 is 6.18. The van der Waals surface area contributed by atoms with Gasteiger partial charge in [0.2, 0.25) is 0 Å². The van der Waals surface area contributed by atoms with E-state index in [2.05, 4.69) is 10.6 Å². The summed E-state index contributed by atoms with van der Waals surface area (Å²) in [6.07, 6.45) is -3.12. The van der Waals surface area contributed by atoms with Gasteiger partial charge in [0.05, 0.1) is 16.8 Å². The van der Waals surface area contributed by atoms with Crippen LogP contribution >= 0.6 is 11.6 Å². The molecule has 0 aliphatic heterocycles. The molecule has 230 valence electrons. The van der Waals surface area contributed by atoms with Gasteiger partial charge in [-0.3, -0.25) is 9.36 Å². The molecule has 4 aromatic carbocycles. The van der Waals surface area contributed by atoms with Crippen molar-refractivity contribution in [2.24, 2.45) is 5.73 Å². The van der Waals surface area contributed by atoms with Gasteiger partial charge in [0, 0.05) is 22.3 Å². The lowest BCUT2D eigenvalue weighted by Crippen LogP contribution is -2.42. The van der Waals surface area contributed by atoms with Crippen molar-refractivity contribution < 1.29 is 37.0 Å². The molecule has 0 radical (unpaired) electrons. The number of benzene rings is 4. The molecule has 0 saturated carbocycles. The Kier molecular flexibility index (Phi) is 9.07. The maximum absolute atomic E-state index is 13.2. The smallest absolute Gasteiger partial charge is 0.416 e. The number of carbonyl (C=O) groups excluding carboxylic acids is 3. The standard InChI is InChI=1S/C32H24ClF3N4O5/c33-21-8-15-27-25(16-21)26(17-40(27)29(41)28(37)30(42)44-18-19-4-2-1-3-5-19)39-31(43)38-22-9-13-24(14-10-22)45-23-11-6-20(7-12-23)32(34,35)36/h1-17,28H,18,37H2,(H2,38,39,43). The van der Waals surface area contributed by atoms with Crippen molar-refractivity contribution in [3.63, 3.8) is 0 Å². The summed E-state index contributed by atoms with van der Waals surface area (Å²) in [6, 6.07) is 21.6. The van der Waals surface area contributed by atoms with E-state index in [1.54, 1.807) is 42.5 Å². The van der Waals surface area contributed by atoms with Crippen LogP contribution in [-0.2, 0) is 22.3 Å². The van der Waals surface area contributed by atoms with Crippen LogP contribution in [0.2, 0.25) is 5.02 Å². The minimum atomic E-state index is -4.45. The van der Waals surface area contributed by atoms with E-state index in [0.717, 1.165) is 22.3 Å². The number of carbonyl (C=O) groups is 3. The number of halogens is 4. The molecule has 4 N–H and O–H groups in total. The second-order valence-corrected chi connectivity index (χ2v) is 10.1. The largest absolute Gasteiger partial charge is 0.459 e. The Hall–Kier alpha value is -5.33. The number of alkyl halides is 3. The highest BCUT2D eigenvalue weighted by Crippen LogP contribution is 2.32. The fourth-order valence-electron chi connectivity index (χ4n) is 4.29. The Morgan fingerprint density at radius 3 is 2.16 bits per heavy atom. The zero-order valence-electron chi connectivity index (χ0n) is 23.2. The number of fused-ring (bicyclic) bond motifs is 1. The summed E-state index contributed by atoms with van der Waals surface area (Å²) in [6.45, 7) is -0.0577. The lowest BCUT2D eigenvalue weighted by Gasteiger charge is -2.12. The number of amides is 2. The molecule has 1 aromatic heterocycles. The molecule has 1 unspecified atom stereocenters. The number of nitrogens with zero attached hydrogens (tertiary/aromatic N) is 1. The molecule has 0 bridgehead atoms. The maximum Gasteiger partial charge on any atom is 0.416 e. The molecule has 0 aliphatic carbocycles. The van der Waals surface area contributed by atoms with Crippen molar-refractivity contribution in [2.45, 2.75) is 18.8 Å². The number of aromatic nitrogens is 1. The van der Waals surface area contributed by atoms with E-state index in [1.807, 2.05) is 6.07 Å². The van der Waals surface area contributed by atoms with Gasteiger partial charge in [0.1, 0.15) is 18.1 Å². The van der Waals surface area contributed by atoms with E-state index < -0.39 is 35.7 Å². The molecule has 45 heavy (non-hydrogen) atoms. The SMILES string of the molecule is NC(C(=O)OCc1ccccc1)C(=O)n1cc(NC(=O)Nc2ccc(Oc3ccc(C(F)(F)F)cc3)cc2)c2cc(Cl)ccc21. The first-order chi connectivity index (χ1) is 21.5. The van der Waals surface area contributed by atoms with Crippen LogP contribution in [0.4, 0.5) is 29.3 Å². The predicted molar refractivity (Wildman–Crippen MR) is 162 cm³/mol. The highest BCUT2D eigenvalue weighted by atomic mass is 35.5. The van der Waals surface area contributed by atoms with Gasteiger partial charge in [0.15, 0.2) is 6.04 Å². The highest BCUT2D eigenvalue weighted by molar-refractivity contribution is 6.31. The van der Waals surface area contributed by atoms with Gasteiger partial charge in [-0.15, -0.1) is 0 Å². The topological polar surface area (TPSA) is 125 Å². The first-order valence-corrected chi connectivity index (χ1v) is 13.7. The summed E-state index contributed by atoms with van der Waals surface area (Å²) < 4.78 is 50.3. The highest BCUT2D eigenvalue weighted by Gasteiger charge is 2.30. The summed E-state index contributed by atoms with van der Waals surface area (Å²) in [4.78, 5) is 38.6. The summed E-state index contributed by atoms with van der Waals surface area (Å²) in [5, 5.41) is 6.05. The number of anilines is 2. The average molecular weight is 637 g/mol. The average Bonchev–Trinajstić information content (AvgIpc) is 3.37. The van der Waals surface area contributed by atoms with E-state index >= 15 is 0 Å². The van der Waals surface area contributed by atoms with Gasteiger partial charge in [0.25, 0.3) is 5.91 Å². The Bertz CT molecular complexity index is 1840. The molecule has 5 aromatic rings. The number of nitrogens with one attached hydrogen (secondary N) is 2. The third kappa shape index (κ3) is 7.61. The van der Waals surface area contributed by atoms with Crippen molar-refractivity contribution in [1.82, 2.24) is 4.57 Å². The fraction of sp³-hybridized carbons (Fsp3) is 0.0938. The van der Waals surface area contributed by atoms with Crippen molar-refractivity contribution in [1.29, 1.82) is 0 Å². The number of ether oxygens (including phenoxy) is 2. The number of urea groups is 1. The minimum absolute atomic E-state index is 0.0577. The van der Waals surface area contributed by atoms with E-state index in [9.17, 15) is 27.6 Å². The van der Waals surface area contributed by atoms with Crippen molar-refractivity contribution in [3.8, 4) is 11.5 Å². The number of esters is 1. The second-order valence-electron chi connectivity index (χ2n) is 9.71. The van der Waals surface area contributed by atoms with Crippen LogP contribution < -0.4 is 21.1 Å². The van der Waals surface area contributed by atoms with Crippen LogP contribution in [0.1, 0.15) is 15.9 Å². The number of nitrogens with two attached hydrogens (primary N) is 1. The van der Waals surface area contributed by atoms with Crippen LogP contribution in [0, 0.1) is 0 Å². The monoisotopic (exact) mass is 636 g/mol. The van der Waals surface area contributed by atoms with Gasteiger partial charge >= 0.3 is 18.2 Å². The second kappa shape index (κ2) is 13.1. The van der Waals surface area contributed by atoms with Gasteiger partial charge in [-0.25, -0.2) is 9.59 Å². The normalized spacial score (nSPS) is 11.9. The third-order valence-corrected chi connectivity index (χ3v) is 6.76. The van der Waals surface area contributed by atoms with Gasteiger partial charge in [-0.05, 0) is 72.3 Å². The molecule has 0 saturated heterocycles. The Balaban J connectivity index is 1.25. The zero-order valence-corrected chi connectivity index (χ0v) is 23.9. The number of hydrogen-bond donors (Lipinski definition) is 3. The first-order valence-electron chi connectivity index (χ1n) is 13.3. The molecular formula is C32H24ClF3N4O5. The molecule has 0 aliphatic rings. The van der Waals surface area contributed by atoms with E-state index in [-0.39, 0.29) is 18.0 Å². The molecule has 2 amide bonds. The fourth-order valence-corrected chi connectivity index (χ4v) is 4.46. The molecule has 1 atom stereocenters. The minimum Gasteiger partial charge on any atom is -0.459 e. The Morgan fingerprint density at radius 2 is 1.51 bits per heavy atom. The zero-order chi connectivity index (χ0) is 32.1. The Morgan fingerprint density at radius 1 is 0.867 bits per heavy atom. The lowest BCUT2D eigenvalue weighted by atomic mass is 10.2. The number of rotatable bonds is 8. The van der Waals surface area contributed by atoms with Crippen LogP contribution in [0.5, 0.6) is 11.5 Å². The predicted octanol–water partition coefficient (Wildman–Crippen LogP) is 7.46. The first kappa shape index (κ1) is 31.1. The van der Waals surface area contributed by atoms with Gasteiger partial charge in [-0.2, -0.15) is 13.2 Å². The lowest BCUT2D eigenvalue weighted by molar-refractivity contribution is -0.145. The maximum atomic E-state index is 13.2. The summed E-state index contributed by atoms with van der Waals surface area (Å²) in [5.41, 5.74) is 6.81. The van der Waals surface area contributed by atoms with Crippen LogP contribution in [0.3, 0.4) is 0 Å². The molecule has 9 nitrogen and oxygen atoms in total. The van der Waals surface area contributed by atoms with Crippen LogP contribution in [0.25, 0.3) is 10.9 Å². The van der Waals surface area contributed by atoms with E-state index in [1.165, 1.54) is 42.6 Å². The Labute approximate surface area is 259 Å². The molecule has 0 spiro atoms. The van der Waals surface area contributed by atoms with Crippen LogP contribution in [-0.4, -0.2) is 28.5 Å². The van der Waals surface area contributed by atoms with Crippen molar-refractivity contribution >= 4 is 51.8 Å². The quantitative estimate of drug-likeness (QED) is 0.120. The van der Waals surface area contributed by atoms with Gasteiger partial charge in [-0.1, -0.05) is 41.9 Å². The molecule has 1 heterocycles. The van der Waals surface area contributed by atoms with Crippen LogP contribution in [0.15, 0.2) is 103 Å². The molecule has 5 rings (SSSR count). The molecular weight excluding hydrogens is 613 g/mol. The van der Waals surface area contributed by atoms with Crippen molar-refractivity contribution in [2.75, 3.05) is 10.6 Å². The van der Waals surface area contributed by atoms with Crippen molar-refractivity contribution in [3.05, 3.63) is 119 Å². The van der Waals surface area contributed by atoms with E-state index in [0.29, 0.717) is 27.4 Å². The van der Waals surface area contributed by atoms with Gasteiger partial charge < -0.3 is 25.8 Å². The third-order valence-electron chi connectivity index (χ3n) is 6.53.